The van der Waals surface area contributed by atoms with Crippen molar-refractivity contribution in [2.24, 2.45) is 4.99 Å². The Morgan fingerprint density at radius 1 is 1.06 bits per heavy atom. The average Bonchev–Trinajstić information content (AvgIpc) is 2.42. The lowest BCUT2D eigenvalue weighted by Gasteiger charge is -2.01. The molecule has 0 aromatic heterocycles. The molecule has 0 aliphatic carbocycles. The highest BCUT2D eigenvalue weighted by Crippen LogP contribution is 2.14. The van der Waals surface area contributed by atoms with Crippen LogP contribution in [0, 0.1) is 0 Å². The summed E-state index contributed by atoms with van der Waals surface area (Å²) >= 11 is 0. The second-order valence-corrected chi connectivity index (χ2v) is 2.75. The first-order chi connectivity index (χ1) is 8.27. The van der Waals surface area contributed by atoms with Crippen molar-refractivity contribution in [1.29, 1.82) is 0 Å². The molecule has 1 aromatic carbocycles. The van der Waals surface area contributed by atoms with Crippen molar-refractivity contribution in [3.05, 3.63) is 35.9 Å². The van der Waals surface area contributed by atoms with Crippen molar-refractivity contribution in [3.63, 3.8) is 0 Å². The molecule has 0 saturated carbocycles. The standard InChI is InChI=1S/C11H14N2.2C2H6/c1-3-9(8-13-2)10-4-6-11(12)7-5-10;2*1-2/h3-8H,12H2,1-2H3;2*1-2H3/b9-3+,13-8?;;. The van der Waals surface area contributed by atoms with E-state index in [0.717, 1.165) is 16.8 Å². The minimum Gasteiger partial charge on any atom is -0.399 e. The zero-order valence-electron chi connectivity index (χ0n) is 12.0. The fraction of sp³-hybridized carbons (Fsp3) is 0.400. The van der Waals surface area contributed by atoms with E-state index in [1.54, 1.807) is 7.05 Å². The van der Waals surface area contributed by atoms with Crippen LogP contribution >= 0.6 is 0 Å². The van der Waals surface area contributed by atoms with Gasteiger partial charge < -0.3 is 5.73 Å². The van der Waals surface area contributed by atoms with E-state index >= 15 is 0 Å². The van der Waals surface area contributed by atoms with Crippen molar-refractivity contribution in [2.45, 2.75) is 34.6 Å². The number of allylic oxidation sites excluding steroid dienone is 2. The van der Waals surface area contributed by atoms with Gasteiger partial charge in [-0.15, -0.1) is 0 Å². The largest absolute Gasteiger partial charge is 0.399 e. The summed E-state index contributed by atoms with van der Waals surface area (Å²) in [6, 6.07) is 7.77. The minimum absolute atomic E-state index is 0.785. The first kappa shape index (κ1) is 17.8. The number of aliphatic imine (C=N–C) groups is 1. The third kappa shape index (κ3) is 7.34. The lowest BCUT2D eigenvalue weighted by atomic mass is 10.1. The Balaban J connectivity index is 0. The highest BCUT2D eigenvalue weighted by molar-refractivity contribution is 6.09. The Morgan fingerprint density at radius 3 is 1.88 bits per heavy atom. The van der Waals surface area contributed by atoms with Gasteiger partial charge in [-0.1, -0.05) is 45.9 Å². The van der Waals surface area contributed by atoms with E-state index in [9.17, 15) is 0 Å². The SMILES string of the molecule is C/C=C(\C=NC)c1ccc(N)cc1.CC.CC. The summed E-state index contributed by atoms with van der Waals surface area (Å²) in [5, 5.41) is 0. The van der Waals surface area contributed by atoms with E-state index in [1.807, 2.05) is 71.2 Å². The van der Waals surface area contributed by atoms with Gasteiger partial charge in [0.05, 0.1) is 0 Å². The number of hydrogen-bond donors (Lipinski definition) is 1. The second kappa shape index (κ2) is 12.5. The van der Waals surface area contributed by atoms with Crippen LogP contribution in [0.1, 0.15) is 40.2 Å². The molecule has 96 valence electrons. The Kier molecular flexibility index (Phi) is 13.1. The van der Waals surface area contributed by atoms with E-state index in [1.165, 1.54) is 0 Å². The van der Waals surface area contributed by atoms with Crippen LogP contribution < -0.4 is 5.73 Å². The molecule has 0 spiro atoms. The summed E-state index contributed by atoms with van der Waals surface area (Å²) in [5.41, 5.74) is 8.63. The minimum atomic E-state index is 0.785. The summed E-state index contributed by atoms with van der Waals surface area (Å²) in [4.78, 5) is 3.98. The van der Waals surface area contributed by atoms with E-state index in [0.29, 0.717) is 0 Å². The van der Waals surface area contributed by atoms with Gasteiger partial charge in [0.1, 0.15) is 0 Å². The molecule has 0 atom stereocenters. The van der Waals surface area contributed by atoms with Crippen molar-refractivity contribution in [1.82, 2.24) is 0 Å². The van der Waals surface area contributed by atoms with Crippen molar-refractivity contribution >= 4 is 17.5 Å². The summed E-state index contributed by atoms with van der Waals surface area (Å²) in [6.45, 7) is 9.99. The molecule has 0 amide bonds. The number of nitrogens with zero attached hydrogens (tertiary/aromatic N) is 1. The van der Waals surface area contributed by atoms with Crippen LogP contribution in [0.4, 0.5) is 5.69 Å². The van der Waals surface area contributed by atoms with Gasteiger partial charge in [-0.3, -0.25) is 4.99 Å². The lowest BCUT2D eigenvalue weighted by Crippen LogP contribution is -1.88. The Morgan fingerprint density at radius 2 is 1.53 bits per heavy atom. The molecule has 2 N–H and O–H groups in total. The van der Waals surface area contributed by atoms with Gasteiger partial charge in [0.2, 0.25) is 0 Å². The van der Waals surface area contributed by atoms with Crippen LogP contribution in [-0.2, 0) is 0 Å². The maximum atomic E-state index is 5.59. The van der Waals surface area contributed by atoms with Gasteiger partial charge >= 0.3 is 0 Å². The number of rotatable bonds is 2. The lowest BCUT2D eigenvalue weighted by molar-refractivity contribution is 1.47. The molecular formula is C15H26N2. The Labute approximate surface area is 106 Å². The Bertz CT molecular complexity index is 321. The number of anilines is 1. The van der Waals surface area contributed by atoms with Crippen LogP contribution in [0.3, 0.4) is 0 Å². The van der Waals surface area contributed by atoms with Gasteiger partial charge in [0, 0.05) is 18.9 Å². The first-order valence-electron chi connectivity index (χ1n) is 6.22. The third-order valence-corrected chi connectivity index (χ3v) is 1.82. The van der Waals surface area contributed by atoms with Gasteiger partial charge in [-0.25, -0.2) is 0 Å². The van der Waals surface area contributed by atoms with Gasteiger partial charge in [0.15, 0.2) is 0 Å². The van der Waals surface area contributed by atoms with Crippen molar-refractivity contribution < 1.29 is 0 Å². The quantitative estimate of drug-likeness (QED) is 0.597. The summed E-state index contributed by atoms with van der Waals surface area (Å²) < 4.78 is 0. The van der Waals surface area contributed by atoms with E-state index < -0.39 is 0 Å². The molecule has 0 aliphatic heterocycles. The van der Waals surface area contributed by atoms with Crippen LogP contribution in [0.15, 0.2) is 35.3 Å². The van der Waals surface area contributed by atoms with Crippen LogP contribution in [0.2, 0.25) is 0 Å². The number of nitrogens with two attached hydrogens (primary N) is 1. The zero-order valence-corrected chi connectivity index (χ0v) is 12.0. The summed E-state index contributed by atoms with van der Waals surface area (Å²) in [5.74, 6) is 0. The normalized spacial score (nSPS) is 10.1. The van der Waals surface area contributed by atoms with E-state index in [-0.39, 0.29) is 0 Å². The fourth-order valence-electron chi connectivity index (χ4n) is 1.13. The maximum Gasteiger partial charge on any atom is 0.0314 e. The molecule has 0 fully saturated rings. The molecular weight excluding hydrogens is 208 g/mol. The zero-order chi connectivity index (χ0) is 13.7. The third-order valence-electron chi connectivity index (χ3n) is 1.82. The van der Waals surface area contributed by atoms with Gasteiger partial charge in [-0.2, -0.15) is 0 Å². The highest BCUT2D eigenvalue weighted by atomic mass is 14.6. The molecule has 17 heavy (non-hydrogen) atoms. The van der Waals surface area contributed by atoms with E-state index in [4.69, 9.17) is 5.73 Å². The maximum absolute atomic E-state index is 5.59. The fourth-order valence-corrected chi connectivity index (χ4v) is 1.13. The molecule has 1 rings (SSSR count). The topological polar surface area (TPSA) is 38.4 Å². The molecule has 1 aromatic rings. The van der Waals surface area contributed by atoms with Crippen LogP contribution in [0.25, 0.3) is 5.57 Å². The van der Waals surface area contributed by atoms with Crippen LogP contribution in [0.5, 0.6) is 0 Å². The predicted octanol–water partition coefficient (Wildman–Crippen LogP) is 4.43. The smallest absolute Gasteiger partial charge is 0.0314 e. The highest BCUT2D eigenvalue weighted by Gasteiger charge is 1.95. The molecule has 2 heteroatoms. The number of nitrogen functional groups attached to an aromatic ring is 1. The molecule has 2 nitrogen and oxygen atoms in total. The van der Waals surface area contributed by atoms with Gasteiger partial charge in [-0.05, 0) is 30.2 Å². The molecule has 0 aliphatic rings. The molecule has 0 unspecified atom stereocenters. The van der Waals surface area contributed by atoms with Crippen molar-refractivity contribution in [2.75, 3.05) is 12.8 Å². The molecule has 0 radical (unpaired) electrons. The Hall–Kier alpha value is -1.57. The summed E-state index contributed by atoms with van der Waals surface area (Å²) in [6.07, 6.45) is 3.87. The molecule has 0 heterocycles. The van der Waals surface area contributed by atoms with Crippen molar-refractivity contribution in [3.8, 4) is 0 Å². The number of benzene rings is 1. The second-order valence-electron chi connectivity index (χ2n) is 2.75. The summed E-state index contributed by atoms with van der Waals surface area (Å²) in [7, 11) is 1.76. The average molecular weight is 234 g/mol. The number of hydrogen-bond acceptors (Lipinski definition) is 2. The molecule has 0 bridgehead atoms. The first-order valence-corrected chi connectivity index (χ1v) is 6.22. The van der Waals surface area contributed by atoms with Crippen LogP contribution in [-0.4, -0.2) is 13.3 Å². The molecule has 0 saturated heterocycles. The van der Waals surface area contributed by atoms with E-state index in [2.05, 4.69) is 4.99 Å². The predicted molar refractivity (Wildman–Crippen MR) is 81.6 cm³/mol. The van der Waals surface area contributed by atoms with Gasteiger partial charge in [0.25, 0.3) is 0 Å². The monoisotopic (exact) mass is 234 g/mol.